The minimum atomic E-state index is -0.960. The third kappa shape index (κ3) is 3.99. The van der Waals surface area contributed by atoms with Crippen LogP contribution in [0.15, 0.2) is 53.8 Å². The van der Waals surface area contributed by atoms with E-state index >= 15 is 0 Å². The Balaban J connectivity index is 1.46. The Kier molecular flexibility index (Phi) is 5.96. The van der Waals surface area contributed by atoms with E-state index in [1.807, 2.05) is 25.1 Å². The van der Waals surface area contributed by atoms with Crippen LogP contribution in [0.2, 0.25) is 0 Å². The fourth-order valence-electron chi connectivity index (χ4n) is 6.00. The van der Waals surface area contributed by atoms with Crippen molar-refractivity contribution in [2.45, 2.75) is 64.1 Å². The normalized spacial score (nSPS) is 20.1. The third-order valence-electron chi connectivity index (χ3n) is 8.71. The van der Waals surface area contributed by atoms with E-state index in [4.69, 9.17) is 4.98 Å². The van der Waals surface area contributed by atoms with Crippen molar-refractivity contribution < 1.29 is 5.11 Å². The molecule has 0 radical (unpaired) electrons. The van der Waals surface area contributed by atoms with Gasteiger partial charge in [0, 0.05) is 23.8 Å². The van der Waals surface area contributed by atoms with Crippen molar-refractivity contribution in [3.63, 3.8) is 0 Å². The minimum Gasteiger partial charge on any atom is -0.384 e. The van der Waals surface area contributed by atoms with Crippen molar-refractivity contribution in [3.8, 4) is 5.82 Å². The molecular formula is C30H35N7O2. The SMILES string of the molecule is C=CCn1c(=O)c2nnc(Nc3ccc4c(c3)C(C)(C)N(C)CC4)cc2n1-c1ccc2c(n1)C(O)(CC)CC2. The van der Waals surface area contributed by atoms with Crippen LogP contribution in [-0.4, -0.2) is 48.1 Å². The summed E-state index contributed by atoms with van der Waals surface area (Å²) in [6.45, 7) is 11.6. The number of aliphatic hydroxyl groups is 1. The zero-order chi connectivity index (χ0) is 27.5. The minimum absolute atomic E-state index is 0.0804. The van der Waals surface area contributed by atoms with Crippen LogP contribution in [0.3, 0.4) is 0 Å². The van der Waals surface area contributed by atoms with Gasteiger partial charge in [-0.05, 0) is 81.5 Å². The van der Waals surface area contributed by atoms with E-state index in [1.165, 1.54) is 11.1 Å². The first-order valence-electron chi connectivity index (χ1n) is 13.6. The smallest absolute Gasteiger partial charge is 0.295 e. The molecule has 1 atom stereocenters. The number of pyridine rings is 1. The first kappa shape index (κ1) is 25.5. The number of hydrogen-bond donors (Lipinski definition) is 2. The highest BCUT2D eigenvalue weighted by Gasteiger charge is 2.37. The molecule has 2 N–H and O–H groups in total. The zero-order valence-electron chi connectivity index (χ0n) is 23.0. The quantitative estimate of drug-likeness (QED) is 0.364. The molecule has 1 unspecified atom stereocenters. The molecule has 6 rings (SSSR count). The zero-order valence-corrected chi connectivity index (χ0v) is 23.0. The summed E-state index contributed by atoms with van der Waals surface area (Å²) < 4.78 is 3.32. The molecule has 0 fully saturated rings. The molecule has 2 aliphatic rings. The van der Waals surface area contributed by atoms with E-state index in [2.05, 4.69) is 66.1 Å². The van der Waals surface area contributed by atoms with Gasteiger partial charge in [-0.3, -0.25) is 9.69 Å². The predicted octanol–water partition coefficient (Wildman–Crippen LogP) is 4.17. The van der Waals surface area contributed by atoms with E-state index in [-0.39, 0.29) is 23.2 Å². The first-order chi connectivity index (χ1) is 18.7. The number of aromatic nitrogens is 5. The molecule has 1 aliphatic carbocycles. The van der Waals surface area contributed by atoms with Gasteiger partial charge in [-0.1, -0.05) is 25.1 Å². The standard InChI is InChI=1S/C30H35N7O2/c1-6-15-36-28(38)26-23(37(36)25-11-9-20-12-14-30(39,7-2)27(20)32-25)18-24(33-34-26)31-21-10-8-19-13-16-35(5)29(3,4)22(19)17-21/h6,8-11,17-18,39H,1,7,12-16H2,2-5H3,(H,31,33). The van der Waals surface area contributed by atoms with Gasteiger partial charge < -0.3 is 10.4 Å². The lowest BCUT2D eigenvalue weighted by Crippen LogP contribution is -2.43. The molecule has 0 saturated heterocycles. The summed E-state index contributed by atoms with van der Waals surface area (Å²) in [5.41, 5.74) is 4.81. The fourth-order valence-corrected chi connectivity index (χ4v) is 6.00. The van der Waals surface area contributed by atoms with Gasteiger partial charge in [0.05, 0.1) is 12.2 Å². The van der Waals surface area contributed by atoms with Gasteiger partial charge in [-0.2, -0.15) is 0 Å². The number of rotatable bonds is 6. The molecule has 9 nitrogen and oxygen atoms in total. The molecule has 0 spiro atoms. The maximum atomic E-state index is 13.4. The van der Waals surface area contributed by atoms with Crippen LogP contribution < -0.4 is 10.9 Å². The lowest BCUT2D eigenvalue weighted by Gasteiger charge is -2.41. The molecule has 202 valence electrons. The first-order valence-corrected chi connectivity index (χ1v) is 13.6. The molecule has 1 aromatic carbocycles. The summed E-state index contributed by atoms with van der Waals surface area (Å²) in [5.74, 6) is 1.08. The van der Waals surface area contributed by atoms with E-state index < -0.39 is 5.60 Å². The molecule has 4 heterocycles. The van der Waals surface area contributed by atoms with Crippen LogP contribution in [0.25, 0.3) is 16.9 Å². The lowest BCUT2D eigenvalue weighted by molar-refractivity contribution is 0.0306. The number of fused-ring (bicyclic) bond motifs is 3. The van der Waals surface area contributed by atoms with Crippen LogP contribution in [0, 0.1) is 0 Å². The number of aryl methyl sites for hydroxylation is 1. The maximum absolute atomic E-state index is 13.4. The van der Waals surface area contributed by atoms with Crippen molar-refractivity contribution in [2.24, 2.45) is 0 Å². The van der Waals surface area contributed by atoms with Gasteiger partial charge >= 0.3 is 0 Å². The monoisotopic (exact) mass is 525 g/mol. The van der Waals surface area contributed by atoms with Gasteiger partial charge in [-0.15, -0.1) is 16.8 Å². The van der Waals surface area contributed by atoms with Gasteiger partial charge in [0.1, 0.15) is 11.1 Å². The summed E-state index contributed by atoms with van der Waals surface area (Å²) in [6, 6.07) is 12.2. The number of likely N-dealkylation sites (N-methyl/N-ethyl adjacent to an activating group) is 1. The number of anilines is 2. The molecule has 1 aliphatic heterocycles. The van der Waals surface area contributed by atoms with Crippen molar-refractivity contribution in [1.29, 1.82) is 0 Å². The van der Waals surface area contributed by atoms with Crippen LogP contribution in [0.5, 0.6) is 0 Å². The van der Waals surface area contributed by atoms with Crippen molar-refractivity contribution >= 4 is 22.5 Å². The van der Waals surface area contributed by atoms with Crippen LogP contribution in [-0.2, 0) is 30.5 Å². The highest BCUT2D eigenvalue weighted by Crippen LogP contribution is 2.39. The largest absolute Gasteiger partial charge is 0.384 e. The van der Waals surface area contributed by atoms with Crippen molar-refractivity contribution in [2.75, 3.05) is 18.9 Å². The number of hydrogen-bond acceptors (Lipinski definition) is 7. The number of nitrogens with one attached hydrogen (secondary N) is 1. The average Bonchev–Trinajstić information content (AvgIpc) is 3.40. The summed E-state index contributed by atoms with van der Waals surface area (Å²) >= 11 is 0. The maximum Gasteiger partial charge on any atom is 0.295 e. The summed E-state index contributed by atoms with van der Waals surface area (Å²) in [6.07, 6.45) is 4.70. The number of benzene rings is 1. The van der Waals surface area contributed by atoms with Gasteiger partial charge in [0.2, 0.25) is 0 Å². The second kappa shape index (κ2) is 9.14. The molecule has 3 aromatic heterocycles. The number of allylic oxidation sites excluding steroid dienone is 1. The van der Waals surface area contributed by atoms with Crippen molar-refractivity contribution in [3.05, 3.63) is 81.8 Å². The summed E-state index contributed by atoms with van der Waals surface area (Å²) in [4.78, 5) is 20.6. The average molecular weight is 526 g/mol. The van der Waals surface area contributed by atoms with E-state index in [9.17, 15) is 9.90 Å². The Morgan fingerprint density at radius 2 is 1.92 bits per heavy atom. The van der Waals surface area contributed by atoms with Gasteiger partial charge in [0.25, 0.3) is 5.56 Å². The second-order valence-electron chi connectivity index (χ2n) is 11.2. The molecule has 9 heteroatoms. The van der Waals surface area contributed by atoms with Gasteiger partial charge in [0.15, 0.2) is 17.2 Å². The Hall–Kier alpha value is -3.82. The Bertz CT molecular complexity index is 1670. The predicted molar refractivity (Wildman–Crippen MR) is 153 cm³/mol. The second-order valence-corrected chi connectivity index (χ2v) is 11.2. The molecule has 0 saturated carbocycles. The van der Waals surface area contributed by atoms with E-state index in [0.29, 0.717) is 35.7 Å². The Labute approximate surface area is 227 Å². The molecular weight excluding hydrogens is 490 g/mol. The molecule has 0 amide bonds. The van der Waals surface area contributed by atoms with Gasteiger partial charge in [-0.25, -0.2) is 14.3 Å². The summed E-state index contributed by atoms with van der Waals surface area (Å²) in [5, 5.41) is 23.2. The highest BCUT2D eigenvalue weighted by atomic mass is 16.3. The van der Waals surface area contributed by atoms with Crippen LogP contribution >= 0.6 is 0 Å². The van der Waals surface area contributed by atoms with Crippen LogP contribution in [0.4, 0.5) is 11.5 Å². The van der Waals surface area contributed by atoms with Crippen LogP contribution in [0.1, 0.15) is 56.0 Å². The van der Waals surface area contributed by atoms with Crippen molar-refractivity contribution in [1.82, 2.24) is 29.4 Å². The Morgan fingerprint density at radius 3 is 2.69 bits per heavy atom. The van der Waals surface area contributed by atoms with E-state index in [1.54, 1.807) is 15.4 Å². The topological polar surface area (TPSA) is 101 Å². The Morgan fingerprint density at radius 1 is 1.13 bits per heavy atom. The molecule has 0 bridgehead atoms. The highest BCUT2D eigenvalue weighted by molar-refractivity contribution is 5.79. The molecule has 39 heavy (non-hydrogen) atoms. The summed E-state index contributed by atoms with van der Waals surface area (Å²) in [7, 11) is 2.16. The fraction of sp³-hybridized carbons (Fsp3) is 0.400. The lowest BCUT2D eigenvalue weighted by atomic mass is 9.83. The number of nitrogens with zero attached hydrogens (tertiary/aromatic N) is 6. The van der Waals surface area contributed by atoms with E-state index in [0.717, 1.165) is 30.6 Å². The molecule has 4 aromatic rings. The third-order valence-corrected chi connectivity index (χ3v) is 8.71.